The first kappa shape index (κ1) is 20.5. The molecular weight excluding hydrogens is 391 g/mol. The standard InChI is InChI=1S/C14H16F3N5O4S/c15-14(16,17)12(25)22-3-1-6(2-4-22)10(24)20-8-5-7(9(18)23)11(27-8)21-13(19)26/h5-6H,1-4H2,(H2,18,23)(H,20,24)(H3,19,21,26). The number of primary amides is 2. The van der Waals surface area contributed by atoms with Gasteiger partial charge in [-0.1, -0.05) is 11.3 Å². The van der Waals surface area contributed by atoms with E-state index in [1.165, 1.54) is 6.07 Å². The van der Waals surface area contributed by atoms with E-state index < -0.39 is 35.8 Å². The lowest BCUT2D eigenvalue weighted by atomic mass is 9.96. The van der Waals surface area contributed by atoms with Crippen molar-refractivity contribution in [3.05, 3.63) is 11.6 Å². The molecule has 0 aromatic carbocycles. The normalized spacial score (nSPS) is 15.3. The number of thiophene rings is 1. The topological polar surface area (TPSA) is 148 Å². The number of anilines is 2. The summed E-state index contributed by atoms with van der Waals surface area (Å²) in [5.74, 6) is -3.84. The molecule has 1 aromatic heterocycles. The number of nitrogens with one attached hydrogen (secondary N) is 2. The summed E-state index contributed by atoms with van der Waals surface area (Å²) in [4.78, 5) is 46.5. The van der Waals surface area contributed by atoms with Gasteiger partial charge in [0.15, 0.2) is 0 Å². The van der Waals surface area contributed by atoms with Crippen LogP contribution in [0.5, 0.6) is 0 Å². The van der Waals surface area contributed by atoms with Crippen molar-refractivity contribution in [1.82, 2.24) is 4.90 Å². The zero-order valence-electron chi connectivity index (χ0n) is 13.8. The summed E-state index contributed by atoms with van der Waals surface area (Å²) >= 11 is 0.859. The molecule has 2 heterocycles. The van der Waals surface area contributed by atoms with Crippen LogP contribution in [-0.2, 0) is 9.59 Å². The van der Waals surface area contributed by atoms with Crippen LogP contribution in [0.2, 0.25) is 0 Å². The highest BCUT2D eigenvalue weighted by atomic mass is 32.1. The van der Waals surface area contributed by atoms with Gasteiger partial charge in [-0.25, -0.2) is 4.79 Å². The van der Waals surface area contributed by atoms with Gasteiger partial charge in [-0.3, -0.25) is 19.7 Å². The van der Waals surface area contributed by atoms with Gasteiger partial charge in [-0.15, -0.1) is 0 Å². The largest absolute Gasteiger partial charge is 0.471 e. The van der Waals surface area contributed by atoms with Crippen LogP contribution in [0, 0.1) is 5.92 Å². The molecule has 27 heavy (non-hydrogen) atoms. The number of rotatable bonds is 4. The number of likely N-dealkylation sites (tertiary alicyclic amines) is 1. The maximum absolute atomic E-state index is 12.4. The van der Waals surface area contributed by atoms with E-state index >= 15 is 0 Å². The van der Waals surface area contributed by atoms with Crippen LogP contribution in [0.15, 0.2) is 6.07 Å². The van der Waals surface area contributed by atoms with E-state index in [9.17, 15) is 32.3 Å². The Morgan fingerprint density at radius 2 is 1.70 bits per heavy atom. The van der Waals surface area contributed by atoms with Gasteiger partial charge in [0.1, 0.15) is 5.00 Å². The molecule has 5 amide bonds. The zero-order chi connectivity index (χ0) is 20.4. The summed E-state index contributed by atoms with van der Waals surface area (Å²) in [5.41, 5.74) is 10.1. The summed E-state index contributed by atoms with van der Waals surface area (Å²) in [7, 11) is 0. The van der Waals surface area contributed by atoms with Crippen molar-refractivity contribution in [3.63, 3.8) is 0 Å². The first-order valence-corrected chi connectivity index (χ1v) is 8.47. The molecule has 0 aliphatic carbocycles. The van der Waals surface area contributed by atoms with Crippen molar-refractivity contribution in [2.75, 3.05) is 23.7 Å². The van der Waals surface area contributed by atoms with Gasteiger partial charge in [0.25, 0.3) is 5.91 Å². The van der Waals surface area contributed by atoms with Crippen molar-refractivity contribution in [3.8, 4) is 0 Å². The summed E-state index contributed by atoms with van der Waals surface area (Å²) in [6.45, 7) is -0.385. The molecule has 0 radical (unpaired) electrons. The molecule has 148 valence electrons. The third-order valence-electron chi connectivity index (χ3n) is 3.88. The van der Waals surface area contributed by atoms with Crippen molar-refractivity contribution in [2.24, 2.45) is 17.4 Å². The molecule has 1 saturated heterocycles. The Balaban J connectivity index is 1.99. The molecule has 0 saturated carbocycles. The van der Waals surface area contributed by atoms with Crippen molar-refractivity contribution < 1.29 is 32.3 Å². The van der Waals surface area contributed by atoms with Crippen LogP contribution < -0.4 is 22.1 Å². The highest BCUT2D eigenvalue weighted by Gasteiger charge is 2.43. The lowest BCUT2D eigenvalue weighted by Gasteiger charge is -2.31. The number of amides is 5. The number of carbonyl (C=O) groups excluding carboxylic acids is 4. The van der Waals surface area contributed by atoms with Crippen molar-refractivity contribution in [1.29, 1.82) is 0 Å². The van der Waals surface area contributed by atoms with E-state index in [1.807, 2.05) is 0 Å². The number of halogens is 3. The van der Waals surface area contributed by atoms with Crippen LogP contribution in [-0.4, -0.2) is 47.9 Å². The molecule has 9 nitrogen and oxygen atoms in total. The number of urea groups is 1. The smallest absolute Gasteiger partial charge is 0.366 e. The van der Waals surface area contributed by atoms with E-state index in [2.05, 4.69) is 10.6 Å². The highest BCUT2D eigenvalue weighted by Crippen LogP contribution is 2.33. The molecule has 0 spiro atoms. The van der Waals surface area contributed by atoms with Crippen LogP contribution in [0.25, 0.3) is 0 Å². The Morgan fingerprint density at radius 1 is 1.11 bits per heavy atom. The number of carbonyl (C=O) groups is 4. The quantitative estimate of drug-likeness (QED) is 0.591. The van der Waals surface area contributed by atoms with Gasteiger partial charge in [-0.2, -0.15) is 13.2 Å². The van der Waals surface area contributed by atoms with Gasteiger partial charge >= 0.3 is 18.1 Å². The average molecular weight is 407 g/mol. The van der Waals surface area contributed by atoms with Gasteiger partial charge < -0.3 is 21.7 Å². The van der Waals surface area contributed by atoms with Crippen LogP contribution in [0.4, 0.5) is 28.0 Å². The van der Waals surface area contributed by atoms with Gasteiger partial charge in [0.05, 0.1) is 10.6 Å². The van der Waals surface area contributed by atoms with E-state index in [1.54, 1.807) is 0 Å². The molecular formula is C14H16F3N5O4S. The average Bonchev–Trinajstić information content (AvgIpc) is 2.95. The van der Waals surface area contributed by atoms with Crippen LogP contribution in [0.3, 0.4) is 0 Å². The molecule has 0 atom stereocenters. The van der Waals surface area contributed by atoms with Crippen molar-refractivity contribution in [2.45, 2.75) is 19.0 Å². The number of hydrogen-bond acceptors (Lipinski definition) is 5. The Hall–Kier alpha value is -2.83. The van der Waals surface area contributed by atoms with Crippen molar-refractivity contribution >= 4 is 45.1 Å². The Kier molecular flexibility index (Phi) is 5.93. The molecule has 1 aliphatic rings. The fourth-order valence-corrected chi connectivity index (χ4v) is 3.56. The minimum atomic E-state index is -4.94. The second-order valence-corrected chi connectivity index (χ2v) is 6.81. The number of hydrogen-bond donors (Lipinski definition) is 4. The lowest BCUT2D eigenvalue weighted by Crippen LogP contribution is -2.46. The Labute approximate surface area is 154 Å². The predicted molar refractivity (Wildman–Crippen MR) is 90.0 cm³/mol. The molecule has 1 aliphatic heterocycles. The highest BCUT2D eigenvalue weighted by molar-refractivity contribution is 7.20. The minimum absolute atomic E-state index is 0.0420. The summed E-state index contributed by atoms with van der Waals surface area (Å²) in [6, 6.07) is 0.345. The maximum Gasteiger partial charge on any atom is 0.471 e. The first-order chi connectivity index (χ1) is 12.5. The Morgan fingerprint density at radius 3 is 2.19 bits per heavy atom. The van der Waals surface area contributed by atoms with Gasteiger partial charge in [-0.05, 0) is 18.9 Å². The molecule has 13 heteroatoms. The molecule has 1 fully saturated rings. The van der Waals surface area contributed by atoms with E-state index in [4.69, 9.17) is 11.5 Å². The summed E-state index contributed by atoms with van der Waals surface area (Å²) in [6.07, 6.45) is -4.82. The molecule has 0 bridgehead atoms. The minimum Gasteiger partial charge on any atom is -0.366 e. The molecule has 6 N–H and O–H groups in total. The second kappa shape index (κ2) is 7.82. The number of piperidine rings is 1. The van der Waals surface area contributed by atoms with Gasteiger partial charge in [0.2, 0.25) is 5.91 Å². The van der Waals surface area contributed by atoms with Crippen LogP contribution >= 0.6 is 11.3 Å². The maximum atomic E-state index is 12.4. The third kappa shape index (κ3) is 5.09. The van der Waals surface area contributed by atoms with E-state index in [-0.39, 0.29) is 41.5 Å². The third-order valence-corrected chi connectivity index (χ3v) is 4.84. The monoisotopic (exact) mass is 407 g/mol. The van der Waals surface area contributed by atoms with Crippen LogP contribution in [0.1, 0.15) is 23.2 Å². The summed E-state index contributed by atoms with van der Waals surface area (Å²) in [5, 5.41) is 5.02. The number of nitrogens with zero attached hydrogens (tertiary/aromatic N) is 1. The first-order valence-electron chi connectivity index (χ1n) is 7.66. The van der Waals surface area contributed by atoms with Gasteiger partial charge in [0, 0.05) is 19.0 Å². The number of nitrogens with two attached hydrogens (primary N) is 2. The predicted octanol–water partition coefficient (Wildman–Crippen LogP) is 1.08. The SMILES string of the molecule is NC(=O)Nc1sc(NC(=O)C2CCN(C(=O)C(F)(F)F)CC2)cc1C(N)=O. The fraction of sp³-hybridized carbons (Fsp3) is 0.429. The number of alkyl halides is 3. The second-order valence-electron chi connectivity index (χ2n) is 5.76. The molecule has 0 unspecified atom stereocenters. The lowest BCUT2D eigenvalue weighted by molar-refractivity contribution is -0.186. The fourth-order valence-electron chi connectivity index (χ4n) is 2.59. The Bertz CT molecular complexity index is 771. The zero-order valence-corrected chi connectivity index (χ0v) is 14.6. The molecule has 1 aromatic rings. The van der Waals surface area contributed by atoms with E-state index in [0.717, 1.165) is 11.3 Å². The van der Waals surface area contributed by atoms with E-state index in [0.29, 0.717) is 4.90 Å². The summed E-state index contributed by atoms with van der Waals surface area (Å²) < 4.78 is 37.3. The molecule has 2 rings (SSSR count).